The third kappa shape index (κ3) is 1.94. The van der Waals surface area contributed by atoms with Gasteiger partial charge in [-0.05, 0) is 29.4 Å². The SMILES string of the molecule is O=S(CC1CNC1)CC1Cc2ccccc21. The van der Waals surface area contributed by atoms with Crippen LogP contribution in [0.5, 0.6) is 0 Å². The summed E-state index contributed by atoms with van der Waals surface area (Å²) in [6.07, 6.45) is 1.13. The van der Waals surface area contributed by atoms with Crippen LogP contribution in [0.2, 0.25) is 0 Å². The van der Waals surface area contributed by atoms with E-state index in [1.807, 2.05) is 0 Å². The molecule has 1 fully saturated rings. The van der Waals surface area contributed by atoms with Crippen LogP contribution in [-0.4, -0.2) is 28.8 Å². The van der Waals surface area contributed by atoms with Crippen LogP contribution in [0.15, 0.2) is 24.3 Å². The van der Waals surface area contributed by atoms with Gasteiger partial charge >= 0.3 is 0 Å². The fourth-order valence-electron chi connectivity index (χ4n) is 2.53. The largest absolute Gasteiger partial charge is 0.316 e. The zero-order valence-electron chi connectivity index (χ0n) is 9.32. The van der Waals surface area contributed by atoms with Gasteiger partial charge in [-0.15, -0.1) is 0 Å². The molecule has 2 nitrogen and oxygen atoms in total. The van der Waals surface area contributed by atoms with E-state index >= 15 is 0 Å². The zero-order chi connectivity index (χ0) is 11.0. The summed E-state index contributed by atoms with van der Waals surface area (Å²) >= 11 is 0. The monoisotopic (exact) mass is 235 g/mol. The molecule has 0 amide bonds. The van der Waals surface area contributed by atoms with Crippen LogP contribution in [0.4, 0.5) is 0 Å². The van der Waals surface area contributed by atoms with Crippen LogP contribution in [0.25, 0.3) is 0 Å². The van der Waals surface area contributed by atoms with Crippen molar-refractivity contribution in [2.24, 2.45) is 5.92 Å². The van der Waals surface area contributed by atoms with Crippen molar-refractivity contribution in [2.45, 2.75) is 12.3 Å². The molecule has 16 heavy (non-hydrogen) atoms. The number of nitrogens with one attached hydrogen (secondary N) is 1. The minimum Gasteiger partial charge on any atom is -0.316 e. The van der Waals surface area contributed by atoms with Crippen LogP contribution >= 0.6 is 0 Å². The third-order valence-corrected chi connectivity index (χ3v) is 5.25. The lowest BCUT2D eigenvalue weighted by molar-refractivity contribution is 0.382. The molecule has 0 aromatic heterocycles. The van der Waals surface area contributed by atoms with Gasteiger partial charge in [-0.3, -0.25) is 4.21 Å². The van der Waals surface area contributed by atoms with E-state index < -0.39 is 10.8 Å². The van der Waals surface area contributed by atoms with E-state index in [2.05, 4.69) is 29.6 Å². The molecule has 86 valence electrons. The summed E-state index contributed by atoms with van der Waals surface area (Å²) in [6.45, 7) is 2.12. The Labute approximate surface area is 98.9 Å². The van der Waals surface area contributed by atoms with E-state index in [9.17, 15) is 4.21 Å². The van der Waals surface area contributed by atoms with E-state index in [1.165, 1.54) is 11.1 Å². The molecule has 3 heteroatoms. The van der Waals surface area contributed by atoms with Crippen molar-refractivity contribution in [1.82, 2.24) is 5.32 Å². The van der Waals surface area contributed by atoms with Gasteiger partial charge in [-0.2, -0.15) is 0 Å². The van der Waals surface area contributed by atoms with Crippen molar-refractivity contribution >= 4 is 10.8 Å². The van der Waals surface area contributed by atoms with Crippen molar-refractivity contribution in [3.8, 4) is 0 Å². The molecule has 3 rings (SSSR count). The quantitative estimate of drug-likeness (QED) is 0.852. The zero-order valence-corrected chi connectivity index (χ0v) is 10.1. The maximum atomic E-state index is 11.9. The minimum atomic E-state index is -0.625. The van der Waals surface area contributed by atoms with Gasteiger partial charge in [0.05, 0.1) is 0 Å². The van der Waals surface area contributed by atoms with E-state index in [1.54, 1.807) is 0 Å². The summed E-state index contributed by atoms with van der Waals surface area (Å²) in [7, 11) is -0.625. The Morgan fingerprint density at radius 2 is 2.06 bits per heavy atom. The maximum Gasteiger partial charge on any atom is 0.0307 e. The summed E-state index contributed by atoms with van der Waals surface area (Å²) in [5, 5.41) is 3.23. The first kappa shape index (κ1) is 10.5. The topological polar surface area (TPSA) is 29.1 Å². The van der Waals surface area contributed by atoms with E-state index in [-0.39, 0.29) is 0 Å². The van der Waals surface area contributed by atoms with Crippen molar-refractivity contribution in [1.29, 1.82) is 0 Å². The van der Waals surface area contributed by atoms with Crippen LogP contribution in [0.1, 0.15) is 17.0 Å². The predicted octanol–water partition coefficient (Wildman–Crippen LogP) is 1.29. The number of hydrogen-bond acceptors (Lipinski definition) is 2. The molecule has 2 unspecified atom stereocenters. The number of hydrogen-bond donors (Lipinski definition) is 1. The summed E-state index contributed by atoms with van der Waals surface area (Å²) in [5.74, 6) is 2.99. The fourth-order valence-corrected chi connectivity index (χ4v) is 4.18. The second kappa shape index (κ2) is 4.30. The van der Waals surface area contributed by atoms with Crippen LogP contribution in [0.3, 0.4) is 0 Å². The van der Waals surface area contributed by atoms with Gasteiger partial charge in [0, 0.05) is 35.4 Å². The van der Waals surface area contributed by atoms with Crippen molar-refractivity contribution < 1.29 is 4.21 Å². The Morgan fingerprint density at radius 1 is 1.25 bits per heavy atom. The van der Waals surface area contributed by atoms with Gasteiger partial charge in [0.25, 0.3) is 0 Å². The molecule has 0 saturated carbocycles. The highest BCUT2D eigenvalue weighted by molar-refractivity contribution is 7.85. The molecular formula is C13H17NOS. The Balaban J connectivity index is 1.55. The average molecular weight is 235 g/mol. The molecule has 0 radical (unpaired) electrons. The van der Waals surface area contributed by atoms with Crippen molar-refractivity contribution in [2.75, 3.05) is 24.6 Å². The summed E-state index contributed by atoms with van der Waals surface area (Å²) < 4.78 is 11.9. The van der Waals surface area contributed by atoms with Gasteiger partial charge in [0.1, 0.15) is 0 Å². The molecule has 0 spiro atoms. The highest BCUT2D eigenvalue weighted by Crippen LogP contribution is 2.35. The molecule has 1 aromatic carbocycles. The van der Waals surface area contributed by atoms with Gasteiger partial charge in [-0.1, -0.05) is 24.3 Å². The van der Waals surface area contributed by atoms with Gasteiger partial charge in [0.2, 0.25) is 0 Å². The molecule has 1 N–H and O–H groups in total. The summed E-state index contributed by atoms with van der Waals surface area (Å²) in [4.78, 5) is 0. The molecule has 2 aliphatic rings. The number of rotatable bonds is 4. The molecule has 1 saturated heterocycles. The molecule has 2 atom stereocenters. The Kier molecular flexibility index (Phi) is 2.82. The first-order chi connectivity index (χ1) is 7.83. The second-order valence-corrected chi connectivity index (χ2v) is 6.44. The normalized spacial score (nSPS) is 25.4. The molecule has 1 aliphatic heterocycles. The van der Waals surface area contributed by atoms with E-state index in [0.717, 1.165) is 31.0 Å². The fraction of sp³-hybridized carbons (Fsp3) is 0.538. The highest BCUT2D eigenvalue weighted by atomic mass is 32.2. The lowest BCUT2D eigenvalue weighted by Gasteiger charge is -2.31. The van der Waals surface area contributed by atoms with Gasteiger partial charge in [-0.25, -0.2) is 0 Å². The van der Waals surface area contributed by atoms with Gasteiger partial charge in [0.15, 0.2) is 0 Å². The molecular weight excluding hydrogens is 218 g/mol. The van der Waals surface area contributed by atoms with Crippen LogP contribution < -0.4 is 5.32 Å². The van der Waals surface area contributed by atoms with Gasteiger partial charge < -0.3 is 5.32 Å². The molecule has 1 aromatic rings. The van der Waals surface area contributed by atoms with Crippen molar-refractivity contribution in [3.05, 3.63) is 35.4 Å². The van der Waals surface area contributed by atoms with E-state index in [4.69, 9.17) is 0 Å². The van der Waals surface area contributed by atoms with Crippen LogP contribution in [-0.2, 0) is 17.2 Å². The third-order valence-electron chi connectivity index (χ3n) is 3.64. The maximum absolute atomic E-state index is 11.9. The number of benzene rings is 1. The standard InChI is InChI=1S/C13H17NOS/c15-16(8-10-6-14-7-10)9-12-5-11-3-1-2-4-13(11)12/h1-4,10,12,14H,5-9H2. The average Bonchev–Trinajstić information content (AvgIpc) is 2.20. The second-order valence-electron chi connectivity index (χ2n) is 4.90. The lowest BCUT2D eigenvalue weighted by atomic mass is 9.79. The highest BCUT2D eigenvalue weighted by Gasteiger charge is 2.28. The summed E-state index contributed by atoms with van der Waals surface area (Å²) in [5.41, 5.74) is 2.89. The smallest absolute Gasteiger partial charge is 0.0307 e. The Morgan fingerprint density at radius 3 is 2.75 bits per heavy atom. The van der Waals surface area contributed by atoms with Crippen molar-refractivity contribution in [3.63, 3.8) is 0 Å². The van der Waals surface area contributed by atoms with E-state index in [0.29, 0.717) is 11.8 Å². The first-order valence-corrected chi connectivity index (χ1v) is 7.45. The lowest BCUT2D eigenvalue weighted by Crippen LogP contribution is -2.45. The molecule has 0 bridgehead atoms. The minimum absolute atomic E-state index is 0.560. The Bertz CT molecular complexity index is 414. The first-order valence-electron chi connectivity index (χ1n) is 5.96. The molecule has 1 aliphatic carbocycles. The van der Waals surface area contributed by atoms with Crippen LogP contribution in [0, 0.1) is 5.92 Å². The predicted molar refractivity (Wildman–Crippen MR) is 67.1 cm³/mol. The summed E-state index contributed by atoms with van der Waals surface area (Å²) in [6, 6.07) is 8.55. The number of fused-ring (bicyclic) bond motifs is 1. The molecule has 1 heterocycles. The Hall–Kier alpha value is -0.670.